The van der Waals surface area contributed by atoms with E-state index in [0.29, 0.717) is 10.9 Å². The Morgan fingerprint density at radius 3 is 2.42 bits per heavy atom. The maximum atomic E-state index is 12.0. The maximum absolute atomic E-state index is 12.0. The van der Waals surface area contributed by atoms with Gasteiger partial charge in [-0.1, -0.05) is 54.1 Å². The Morgan fingerprint density at radius 2 is 1.76 bits per heavy atom. The number of aliphatic carboxylic acids is 1. The molecule has 5 nitrogen and oxygen atoms in total. The number of carboxylic acids is 1. The minimum absolute atomic E-state index is 0.462. The zero-order chi connectivity index (χ0) is 23.3. The smallest absolute Gasteiger partial charge is 0.325 e. The average molecular weight is 471 g/mol. The van der Waals surface area contributed by atoms with Gasteiger partial charge in [0.2, 0.25) is 0 Å². The standard InChI is InChI=1S/C27H35ClN2O3/c28-24-10-8-23(9-11-24)25(26(31)32)30-16-12-22(20-30)19-29-17-14-27(33,15-18-29)13-4-7-21-5-2-1-3-6-21/h1-3,5-6,8-11,22,25,33H,4,7,12-20H2,(H,31,32)/t22-,25?/m1/s1. The van der Waals surface area contributed by atoms with Crippen molar-refractivity contribution in [3.63, 3.8) is 0 Å². The van der Waals surface area contributed by atoms with E-state index < -0.39 is 17.6 Å². The summed E-state index contributed by atoms with van der Waals surface area (Å²) >= 11 is 5.98. The Labute approximate surface area is 202 Å². The van der Waals surface area contributed by atoms with Crippen LogP contribution in [0.15, 0.2) is 54.6 Å². The molecule has 178 valence electrons. The number of hydrogen-bond donors (Lipinski definition) is 2. The molecule has 2 N–H and O–H groups in total. The minimum Gasteiger partial charge on any atom is -0.480 e. The highest BCUT2D eigenvalue weighted by atomic mass is 35.5. The van der Waals surface area contributed by atoms with Gasteiger partial charge >= 0.3 is 5.97 Å². The molecule has 2 fully saturated rings. The summed E-state index contributed by atoms with van der Waals surface area (Å²) in [6.45, 7) is 4.39. The van der Waals surface area contributed by atoms with Gasteiger partial charge in [0.05, 0.1) is 5.60 Å². The van der Waals surface area contributed by atoms with Crippen molar-refractivity contribution >= 4 is 17.6 Å². The molecule has 2 atom stereocenters. The summed E-state index contributed by atoms with van der Waals surface area (Å²) in [6, 6.07) is 17.0. The van der Waals surface area contributed by atoms with E-state index >= 15 is 0 Å². The molecule has 2 aromatic rings. The zero-order valence-corrected chi connectivity index (χ0v) is 20.0. The summed E-state index contributed by atoms with van der Waals surface area (Å²) in [7, 11) is 0. The quantitative estimate of drug-likeness (QED) is 0.559. The number of likely N-dealkylation sites (tertiary alicyclic amines) is 2. The van der Waals surface area contributed by atoms with Crippen LogP contribution in [0.2, 0.25) is 5.02 Å². The van der Waals surface area contributed by atoms with Crippen LogP contribution in [-0.4, -0.2) is 64.3 Å². The van der Waals surface area contributed by atoms with E-state index in [1.165, 1.54) is 5.56 Å². The van der Waals surface area contributed by atoms with E-state index in [2.05, 4.69) is 34.1 Å². The number of nitrogens with zero attached hydrogens (tertiary/aromatic N) is 2. The van der Waals surface area contributed by atoms with Crippen LogP contribution in [0, 0.1) is 5.92 Å². The average Bonchev–Trinajstić information content (AvgIpc) is 3.25. The summed E-state index contributed by atoms with van der Waals surface area (Å²) in [5, 5.41) is 21.5. The number of aryl methyl sites for hydroxylation is 1. The van der Waals surface area contributed by atoms with Crippen LogP contribution in [0.25, 0.3) is 0 Å². The number of rotatable bonds is 9. The summed E-state index contributed by atoms with van der Waals surface area (Å²) in [6.07, 6.45) is 5.54. The van der Waals surface area contributed by atoms with Gasteiger partial charge in [0.1, 0.15) is 6.04 Å². The zero-order valence-electron chi connectivity index (χ0n) is 19.2. The summed E-state index contributed by atoms with van der Waals surface area (Å²) in [5.74, 6) is -0.347. The molecule has 0 aromatic heterocycles. The third-order valence-electron chi connectivity index (χ3n) is 7.36. The SMILES string of the molecule is O=C(O)C(c1ccc(Cl)cc1)N1CC[C@H](CN2CCC(O)(CCCc3ccccc3)CC2)C1. The fourth-order valence-corrected chi connectivity index (χ4v) is 5.56. The lowest BCUT2D eigenvalue weighted by Gasteiger charge is -2.39. The molecule has 2 aliphatic heterocycles. The first-order valence-electron chi connectivity index (χ1n) is 12.1. The highest BCUT2D eigenvalue weighted by Gasteiger charge is 2.36. The molecule has 0 spiro atoms. The largest absolute Gasteiger partial charge is 0.480 e. The van der Waals surface area contributed by atoms with Gasteiger partial charge in [0.15, 0.2) is 0 Å². The molecule has 2 aromatic carbocycles. The van der Waals surface area contributed by atoms with Gasteiger partial charge in [-0.25, -0.2) is 0 Å². The van der Waals surface area contributed by atoms with Gasteiger partial charge in [-0.05, 0) is 74.2 Å². The Morgan fingerprint density at radius 1 is 1.06 bits per heavy atom. The summed E-state index contributed by atoms with van der Waals surface area (Å²) < 4.78 is 0. The van der Waals surface area contributed by atoms with Crippen molar-refractivity contribution in [1.82, 2.24) is 9.80 Å². The highest BCUT2D eigenvalue weighted by molar-refractivity contribution is 6.30. The van der Waals surface area contributed by atoms with Crippen molar-refractivity contribution in [2.75, 3.05) is 32.7 Å². The molecule has 1 unspecified atom stereocenters. The highest BCUT2D eigenvalue weighted by Crippen LogP contribution is 2.32. The molecule has 4 rings (SSSR count). The number of piperidine rings is 1. The van der Waals surface area contributed by atoms with Gasteiger partial charge in [-0.15, -0.1) is 0 Å². The lowest BCUT2D eigenvalue weighted by Crippen LogP contribution is -2.46. The van der Waals surface area contributed by atoms with E-state index in [4.69, 9.17) is 11.6 Å². The molecule has 0 aliphatic carbocycles. The lowest BCUT2D eigenvalue weighted by atomic mass is 9.85. The Balaban J connectivity index is 1.23. The molecule has 0 bridgehead atoms. The Hall–Kier alpha value is -1.92. The molecular formula is C27H35ClN2O3. The second kappa shape index (κ2) is 11.0. The van der Waals surface area contributed by atoms with Crippen molar-refractivity contribution in [1.29, 1.82) is 0 Å². The van der Waals surface area contributed by atoms with Crippen molar-refractivity contribution in [2.24, 2.45) is 5.92 Å². The van der Waals surface area contributed by atoms with E-state index in [1.54, 1.807) is 12.1 Å². The number of benzene rings is 2. The monoisotopic (exact) mass is 470 g/mol. The topological polar surface area (TPSA) is 64.0 Å². The van der Waals surface area contributed by atoms with Crippen LogP contribution in [0.5, 0.6) is 0 Å². The predicted octanol–water partition coefficient (Wildman–Crippen LogP) is 4.64. The van der Waals surface area contributed by atoms with Gasteiger partial charge < -0.3 is 15.1 Å². The lowest BCUT2D eigenvalue weighted by molar-refractivity contribution is -0.143. The fourth-order valence-electron chi connectivity index (χ4n) is 5.43. The third kappa shape index (κ3) is 6.57. The van der Waals surface area contributed by atoms with Crippen LogP contribution in [0.1, 0.15) is 49.3 Å². The third-order valence-corrected chi connectivity index (χ3v) is 7.61. The van der Waals surface area contributed by atoms with E-state index in [0.717, 1.165) is 76.8 Å². The van der Waals surface area contributed by atoms with Crippen LogP contribution < -0.4 is 0 Å². The van der Waals surface area contributed by atoms with Gasteiger partial charge in [0.25, 0.3) is 0 Å². The van der Waals surface area contributed by atoms with E-state index in [9.17, 15) is 15.0 Å². The molecule has 33 heavy (non-hydrogen) atoms. The van der Waals surface area contributed by atoms with Crippen molar-refractivity contribution < 1.29 is 15.0 Å². The molecular weight excluding hydrogens is 436 g/mol. The van der Waals surface area contributed by atoms with Crippen molar-refractivity contribution in [3.05, 3.63) is 70.7 Å². The Kier molecular flexibility index (Phi) is 8.07. The van der Waals surface area contributed by atoms with Crippen molar-refractivity contribution in [2.45, 2.75) is 50.2 Å². The van der Waals surface area contributed by atoms with Crippen LogP contribution in [0.4, 0.5) is 0 Å². The molecule has 6 heteroatoms. The Bertz CT molecular complexity index is 897. The van der Waals surface area contributed by atoms with Crippen LogP contribution in [-0.2, 0) is 11.2 Å². The molecule has 2 aliphatic rings. The second-order valence-electron chi connectivity index (χ2n) is 9.81. The first-order chi connectivity index (χ1) is 15.9. The van der Waals surface area contributed by atoms with Crippen LogP contribution >= 0.6 is 11.6 Å². The molecule has 0 amide bonds. The normalized spacial score (nSPS) is 22.3. The molecule has 2 heterocycles. The van der Waals surface area contributed by atoms with Crippen molar-refractivity contribution in [3.8, 4) is 0 Å². The predicted molar refractivity (Wildman–Crippen MR) is 132 cm³/mol. The number of aliphatic hydroxyl groups is 1. The second-order valence-corrected chi connectivity index (χ2v) is 10.2. The molecule has 0 radical (unpaired) electrons. The van der Waals surface area contributed by atoms with Gasteiger partial charge in [0, 0.05) is 31.2 Å². The minimum atomic E-state index is -0.809. The summed E-state index contributed by atoms with van der Waals surface area (Å²) in [4.78, 5) is 16.5. The fraction of sp³-hybridized carbons (Fsp3) is 0.519. The van der Waals surface area contributed by atoms with E-state index in [1.807, 2.05) is 18.2 Å². The van der Waals surface area contributed by atoms with E-state index in [-0.39, 0.29) is 0 Å². The molecule has 0 saturated carbocycles. The molecule has 2 saturated heterocycles. The number of carbonyl (C=O) groups is 1. The first kappa shape index (κ1) is 24.2. The first-order valence-corrected chi connectivity index (χ1v) is 12.5. The summed E-state index contributed by atoms with van der Waals surface area (Å²) in [5.41, 5.74) is 1.57. The number of halogens is 1. The van der Waals surface area contributed by atoms with Gasteiger partial charge in [-0.3, -0.25) is 9.69 Å². The van der Waals surface area contributed by atoms with Gasteiger partial charge in [-0.2, -0.15) is 0 Å². The number of carboxylic acid groups (broad SMARTS) is 1. The maximum Gasteiger partial charge on any atom is 0.325 e. The number of hydrogen-bond acceptors (Lipinski definition) is 4. The van der Waals surface area contributed by atoms with Crippen LogP contribution in [0.3, 0.4) is 0 Å².